The quantitative estimate of drug-likeness (QED) is 0.890. The average molecular weight is 304 g/mol. The molecule has 1 N–H and O–H groups in total. The summed E-state index contributed by atoms with van der Waals surface area (Å²) in [6.45, 7) is 7.45. The zero-order valence-electron chi connectivity index (χ0n) is 13.1. The summed E-state index contributed by atoms with van der Waals surface area (Å²) >= 11 is 1.99. The van der Waals surface area contributed by atoms with Crippen molar-refractivity contribution in [1.82, 2.24) is 20.1 Å². The van der Waals surface area contributed by atoms with Crippen molar-refractivity contribution in [2.45, 2.75) is 58.5 Å². The summed E-state index contributed by atoms with van der Waals surface area (Å²) in [6.07, 6.45) is 6.43. The number of rotatable bonds is 6. The van der Waals surface area contributed by atoms with E-state index in [0.29, 0.717) is 12.1 Å². The normalized spacial score (nSPS) is 15.6. The van der Waals surface area contributed by atoms with E-state index in [2.05, 4.69) is 42.2 Å². The maximum absolute atomic E-state index is 4.46. The highest BCUT2D eigenvalue weighted by Crippen LogP contribution is 2.34. The number of thiophene rings is 1. The molecule has 1 atom stereocenters. The summed E-state index contributed by atoms with van der Waals surface area (Å²) in [7, 11) is 0. The molecule has 4 nitrogen and oxygen atoms in total. The largest absolute Gasteiger partial charge is 0.309 e. The van der Waals surface area contributed by atoms with Crippen LogP contribution in [0.3, 0.4) is 0 Å². The Morgan fingerprint density at radius 2 is 2.24 bits per heavy atom. The fraction of sp³-hybridized carbons (Fsp3) is 0.625. The van der Waals surface area contributed by atoms with Gasteiger partial charge in [-0.15, -0.1) is 11.3 Å². The van der Waals surface area contributed by atoms with Crippen LogP contribution in [0.15, 0.2) is 12.4 Å². The molecule has 0 amide bonds. The fourth-order valence-electron chi connectivity index (χ4n) is 3.08. The molecule has 2 aromatic rings. The van der Waals surface area contributed by atoms with E-state index in [1.165, 1.54) is 24.1 Å². The summed E-state index contributed by atoms with van der Waals surface area (Å²) in [6, 6.07) is 3.13. The van der Waals surface area contributed by atoms with Gasteiger partial charge in [-0.1, -0.05) is 6.92 Å². The summed E-state index contributed by atoms with van der Waals surface area (Å²) in [5, 5.41) is 7.98. The van der Waals surface area contributed by atoms with Gasteiger partial charge in [0, 0.05) is 28.3 Å². The lowest BCUT2D eigenvalue weighted by atomic mass is 10.1. The van der Waals surface area contributed by atoms with Crippen molar-refractivity contribution < 1.29 is 0 Å². The van der Waals surface area contributed by atoms with E-state index in [1.807, 2.05) is 16.0 Å². The van der Waals surface area contributed by atoms with Gasteiger partial charge in [-0.3, -0.25) is 0 Å². The van der Waals surface area contributed by atoms with E-state index in [9.17, 15) is 0 Å². The van der Waals surface area contributed by atoms with Crippen LogP contribution in [0.5, 0.6) is 0 Å². The third-order valence-electron chi connectivity index (χ3n) is 4.08. The predicted octanol–water partition coefficient (Wildman–Crippen LogP) is 3.30. The Kier molecular flexibility index (Phi) is 4.40. The van der Waals surface area contributed by atoms with Crippen LogP contribution >= 0.6 is 11.3 Å². The second kappa shape index (κ2) is 6.28. The molecule has 2 heterocycles. The number of hydrogen-bond acceptors (Lipinski definition) is 4. The van der Waals surface area contributed by atoms with Gasteiger partial charge in [0.1, 0.15) is 12.2 Å². The number of aromatic nitrogens is 3. The van der Waals surface area contributed by atoms with E-state index in [0.717, 1.165) is 18.8 Å². The van der Waals surface area contributed by atoms with Crippen molar-refractivity contribution in [2.75, 3.05) is 6.54 Å². The van der Waals surface area contributed by atoms with Crippen LogP contribution in [0.4, 0.5) is 0 Å². The maximum atomic E-state index is 4.46. The molecule has 114 valence electrons. The number of aryl methyl sites for hydroxylation is 2. The number of likely N-dealkylation sites (N-methyl/N-ethyl adjacent to an activating group) is 1. The molecule has 1 aliphatic rings. The van der Waals surface area contributed by atoms with Gasteiger partial charge in [0.15, 0.2) is 0 Å². The minimum atomic E-state index is 0.354. The molecule has 0 saturated carbocycles. The van der Waals surface area contributed by atoms with Crippen molar-refractivity contribution in [3.63, 3.8) is 0 Å². The lowest BCUT2D eigenvalue weighted by Gasteiger charge is -2.17. The molecular weight excluding hydrogens is 280 g/mol. The van der Waals surface area contributed by atoms with Gasteiger partial charge in [-0.2, -0.15) is 5.10 Å². The van der Waals surface area contributed by atoms with Crippen LogP contribution in [-0.2, 0) is 19.3 Å². The van der Waals surface area contributed by atoms with Crippen molar-refractivity contribution in [3.05, 3.63) is 33.5 Å². The van der Waals surface area contributed by atoms with Gasteiger partial charge in [-0.25, -0.2) is 9.67 Å². The first-order valence-corrected chi connectivity index (χ1v) is 8.74. The molecule has 0 bridgehead atoms. The summed E-state index contributed by atoms with van der Waals surface area (Å²) in [5.74, 6) is 1.07. The van der Waals surface area contributed by atoms with Gasteiger partial charge in [0.2, 0.25) is 0 Å². The lowest BCUT2D eigenvalue weighted by Crippen LogP contribution is -2.24. The Morgan fingerprint density at radius 3 is 2.95 bits per heavy atom. The molecule has 1 unspecified atom stereocenters. The first kappa shape index (κ1) is 14.7. The topological polar surface area (TPSA) is 42.7 Å². The molecule has 0 aliphatic heterocycles. The van der Waals surface area contributed by atoms with Crippen LogP contribution in [0.2, 0.25) is 0 Å². The highest BCUT2D eigenvalue weighted by molar-refractivity contribution is 7.12. The summed E-state index contributed by atoms with van der Waals surface area (Å²) in [4.78, 5) is 7.52. The predicted molar refractivity (Wildman–Crippen MR) is 86.9 cm³/mol. The van der Waals surface area contributed by atoms with Gasteiger partial charge in [0.25, 0.3) is 0 Å². The number of hydrogen-bond donors (Lipinski definition) is 1. The third-order valence-corrected chi connectivity index (χ3v) is 5.43. The molecule has 21 heavy (non-hydrogen) atoms. The fourth-order valence-corrected chi connectivity index (χ4v) is 4.41. The Labute approximate surface area is 130 Å². The third kappa shape index (κ3) is 3.04. The average Bonchev–Trinajstić information content (AvgIpc) is 3.12. The van der Waals surface area contributed by atoms with Crippen molar-refractivity contribution in [2.24, 2.45) is 0 Å². The smallest absolute Gasteiger partial charge is 0.138 e. The molecule has 2 aromatic heterocycles. The highest BCUT2D eigenvalue weighted by atomic mass is 32.1. The van der Waals surface area contributed by atoms with Crippen molar-refractivity contribution >= 4 is 11.3 Å². The SMILES string of the molecule is CCNC(Cc1ncnn1C(C)C)c1cc2c(s1)CCC2. The second-order valence-corrected chi connectivity index (χ2v) is 7.15. The van der Waals surface area contributed by atoms with Crippen molar-refractivity contribution in [1.29, 1.82) is 0 Å². The Balaban J connectivity index is 1.82. The van der Waals surface area contributed by atoms with E-state index in [1.54, 1.807) is 16.8 Å². The van der Waals surface area contributed by atoms with Crippen LogP contribution in [0.25, 0.3) is 0 Å². The van der Waals surface area contributed by atoms with Crippen LogP contribution in [0, 0.1) is 0 Å². The molecule has 0 radical (unpaired) electrons. The molecule has 5 heteroatoms. The molecule has 1 aliphatic carbocycles. The maximum Gasteiger partial charge on any atom is 0.138 e. The van der Waals surface area contributed by atoms with Crippen LogP contribution in [0.1, 0.15) is 60.4 Å². The second-order valence-electron chi connectivity index (χ2n) is 5.98. The first-order chi connectivity index (χ1) is 10.2. The molecule has 3 rings (SSSR count). The zero-order chi connectivity index (χ0) is 14.8. The summed E-state index contributed by atoms with van der Waals surface area (Å²) in [5.41, 5.74) is 1.57. The number of nitrogens with one attached hydrogen (secondary N) is 1. The Bertz CT molecular complexity index is 578. The zero-order valence-corrected chi connectivity index (χ0v) is 13.9. The minimum Gasteiger partial charge on any atom is -0.309 e. The Morgan fingerprint density at radius 1 is 1.38 bits per heavy atom. The molecule has 0 spiro atoms. The summed E-state index contributed by atoms with van der Waals surface area (Å²) < 4.78 is 2.03. The first-order valence-electron chi connectivity index (χ1n) is 7.92. The molecular formula is C16H24N4S. The van der Waals surface area contributed by atoms with E-state index in [4.69, 9.17) is 0 Å². The van der Waals surface area contributed by atoms with Crippen molar-refractivity contribution in [3.8, 4) is 0 Å². The Hall–Kier alpha value is -1.20. The van der Waals surface area contributed by atoms with E-state index < -0.39 is 0 Å². The molecule has 0 aromatic carbocycles. The minimum absolute atomic E-state index is 0.354. The monoisotopic (exact) mass is 304 g/mol. The van der Waals surface area contributed by atoms with Gasteiger partial charge in [-0.05, 0) is 51.3 Å². The van der Waals surface area contributed by atoms with Gasteiger partial charge >= 0.3 is 0 Å². The lowest BCUT2D eigenvalue weighted by molar-refractivity contribution is 0.471. The molecule has 0 saturated heterocycles. The number of nitrogens with zero attached hydrogens (tertiary/aromatic N) is 3. The van der Waals surface area contributed by atoms with Gasteiger partial charge < -0.3 is 5.32 Å². The van der Waals surface area contributed by atoms with Crippen LogP contribution in [-0.4, -0.2) is 21.3 Å². The highest BCUT2D eigenvalue weighted by Gasteiger charge is 2.22. The molecule has 0 fully saturated rings. The number of fused-ring (bicyclic) bond motifs is 1. The van der Waals surface area contributed by atoms with E-state index >= 15 is 0 Å². The van der Waals surface area contributed by atoms with E-state index in [-0.39, 0.29) is 0 Å². The standard InChI is InChI=1S/C16H24N4S/c1-4-17-13(9-16-18-10-19-20(16)11(2)3)15-8-12-6-5-7-14(12)21-15/h8,10-11,13,17H,4-7,9H2,1-3H3. The van der Waals surface area contributed by atoms with Gasteiger partial charge in [0.05, 0.1) is 0 Å². The van der Waals surface area contributed by atoms with Crippen LogP contribution < -0.4 is 5.32 Å².